The number of rotatable bonds is 4. The van der Waals surface area contributed by atoms with Crippen LogP contribution in [0.3, 0.4) is 0 Å². The zero-order valence-corrected chi connectivity index (χ0v) is 16.9. The Labute approximate surface area is 165 Å². The Morgan fingerprint density at radius 1 is 1.21 bits per heavy atom. The van der Waals surface area contributed by atoms with Crippen LogP contribution in [-0.2, 0) is 17.8 Å². The van der Waals surface area contributed by atoms with E-state index in [0.29, 0.717) is 24.5 Å². The van der Waals surface area contributed by atoms with Crippen molar-refractivity contribution >= 4 is 17.7 Å². The SMILES string of the molecule is CC(=O)c1cccc(C(C)Nc2ncnc3c2CN(C(=O)OC(C)(C)C)C3)c1. The molecule has 0 saturated carbocycles. The molecule has 1 N–H and O–H groups in total. The molecule has 0 spiro atoms. The fourth-order valence-corrected chi connectivity index (χ4v) is 3.07. The summed E-state index contributed by atoms with van der Waals surface area (Å²) >= 11 is 0. The number of aromatic nitrogens is 2. The van der Waals surface area contributed by atoms with E-state index < -0.39 is 5.60 Å². The fraction of sp³-hybridized carbons (Fsp3) is 0.429. The molecule has 7 heteroatoms. The first-order valence-corrected chi connectivity index (χ1v) is 9.32. The van der Waals surface area contributed by atoms with E-state index in [1.807, 2.05) is 45.9 Å². The number of hydrogen-bond donors (Lipinski definition) is 1. The van der Waals surface area contributed by atoms with Gasteiger partial charge >= 0.3 is 6.09 Å². The third-order valence-electron chi connectivity index (χ3n) is 4.52. The number of carbonyl (C=O) groups is 2. The van der Waals surface area contributed by atoms with Crippen molar-refractivity contribution in [3.05, 3.63) is 53.0 Å². The van der Waals surface area contributed by atoms with Crippen LogP contribution in [-0.4, -0.2) is 32.3 Å². The van der Waals surface area contributed by atoms with Crippen LogP contribution in [0, 0.1) is 0 Å². The molecular formula is C21H26N4O3. The van der Waals surface area contributed by atoms with Gasteiger partial charge in [0.2, 0.25) is 0 Å². The van der Waals surface area contributed by atoms with Crippen molar-refractivity contribution in [2.24, 2.45) is 0 Å². The number of hydrogen-bond acceptors (Lipinski definition) is 6. The summed E-state index contributed by atoms with van der Waals surface area (Å²) in [6.45, 7) is 9.89. The molecule has 1 aromatic heterocycles. The Morgan fingerprint density at radius 2 is 1.96 bits per heavy atom. The Hall–Kier alpha value is -2.96. The molecule has 0 aliphatic carbocycles. The molecule has 0 saturated heterocycles. The van der Waals surface area contributed by atoms with Crippen molar-refractivity contribution in [3.63, 3.8) is 0 Å². The summed E-state index contributed by atoms with van der Waals surface area (Å²) in [4.78, 5) is 34.3. The second kappa shape index (κ2) is 7.58. The minimum Gasteiger partial charge on any atom is -0.444 e. The normalized spacial score (nSPS) is 14.4. The zero-order valence-electron chi connectivity index (χ0n) is 16.9. The monoisotopic (exact) mass is 382 g/mol. The molecule has 3 rings (SSSR count). The van der Waals surface area contributed by atoms with Crippen molar-refractivity contribution < 1.29 is 14.3 Å². The number of anilines is 1. The average Bonchev–Trinajstić information content (AvgIpc) is 3.06. The predicted octanol–water partition coefficient (Wildman–Crippen LogP) is 4.10. The van der Waals surface area contributed by atoms with Crippen molar-refractivity contribution in [1.82, 2.24) is 14.9 Å². The number of nitrogens with one attached hydrogen (secondary N) is 1. The van der Waals surface area contributed by atoms with Gasteiger partial charge in [0.05, 0.1) is 18.8 Å². The molecule has 7 nitrogen and oxygen atoms in total. The van der Waals surface area contributed by atoms with Crippen LogP contribution in [0.1, 0.15) is 67.8 Å². The minimum absolute atomic E-state index is 0.0324. The van der Waals surface area contributed by atoms with E-state index in [9.17, 15) is 9.59 Å². The highest BCUT2D eigenvalue weighted by Crippen LogP contribution is 2.29. The summed E-state index contributed by atoms with van der Waals surface area (Å²) in [5.74, 6) is 0.724. The highest BCUT2D eigenvalue weighted by Gasteiger charge is 2.31. The van der Waals surface area contributed by atoms with Gasteiger partial charge in [0.15, 0.2) is 5.78 Å². The topological polar surface area (TPSA) is 84.4 Å². The summed E-state index contributed by atoms with van der Waals surface area (Å²) in [7, 11) is 0. The van der Waals surface area contributed by atoms with Gasteiger partial charge in [-0.25, -0.2) is 14.8 Å². The lowest BCUT2D eigenvalue weighted by Crippen LogP contribution is -2.33. The van der Waals surface area contributed by atoms with Crippen molar-refractivity contribution in [2.75, 3.05) is 5.32 Å². The molecule has 1 unspecified atom stereocenters. The smallest absolute Gasteiger partial charge is 0.410 e. The number of nitrogens with zero attached hydrogens (tertiary/aromatic N) is 3. The highest BCUT2D eigenvalue weighted by atomic mass is 16.6. The van der Waals surface area contributed by atoms with Gasteiger partial charge in [-0.3, -0.25) is 9.69 Å². The second-order valence-corrected chi connectivity index (χ2v) is 8.03. The van der Waals surface area contributed by atoms with Crippen LogP contribution >= 0.6 is 0 Å². The zero-order chi connectivity index (χ0) is 20.5. The van der Waals surface area contributed by atoms with Crippen LogP contribution in [0.5, 0.6) is 0 Å². The maximum Gasteiger partial charge on any atom is 0.410 e. The van der Waals surface area contributed by atoms with Gasteiger partial charge in [-0.05, 0) is 46.2 Å². The van der Waals surface area contributed by atoms with Crippen LogP contribution in [0.4, 0.5) is 10.6 Å². The second-order valence-electron chi connectivity index (χ2n) is 8.03. The van der Waals surface area contributed by atoms with E-state index >= 15 is 0 Å². The molecule has 1 aliphatic heterocycles. The molecule has 0 bridgehead atoms. The number of amides is 1. The molecule has 1 aromatic carbocycles. The lowest BCUT2D eigenvalue weighted by Gasteiger charge is -2.24. The summed E-state index contributed by atoms with van der Waals surface area (Å²) in [6, 6.07) is 7.47. The molecular weight excluding hydrogens is 356 g/mol. The molecule has 2 heterocycles. The van der Waals surface area contributed by atoms with E-state index in [1.165, 1.54) is 6.33 Å². The van der Waals surface area contributed by atoms with Gasteiger partial charge in [0, 0.05) is 17.2 Å². The van der Waals surface area contributed by atoms with Gasteiger partial charge in [0.1, 0.15) is 17.7 Å². The first-order chi connectivity index (χ1) is 13.1. The quantitative estimate of drug-likeness (QED) is 0.802. The molecule has 0 radical (unpaired) electrons. The van der Waals surface area contributed by atoms with E-state index in [0.717, 1.165) is 16.8 Å². The lowest BCUT2D eigenvalue weighted by molar-refractivity contribution is 0.0241. The van der Waals surface area contributed by atoms with Crippen LogP contribution in [0.2, 0.25) is 0 Å². The number of ketones is 1. The minimum atomic E-state index is -0.547. The molecule has 2 aromatic rings. The van der Waals surface area contributed by atoms with E-state index in [4.69, 9.17) is 4.74 Å². The average molecular weight is 382 g/mol. The standard InChI is InChI=1S/C21H26N4O3/c1-13(15-7-6-8-16(9-15)14(2)26)24-19-17-10-25(11-18(17)22-12-23-19)20(27)28-21(3,4)5/h6-9,12-13H,10-11H2,1-5H3,(H,22,23,24). The van der Waals surface area contributed by atoms with Crippen LogP contribution in [0.25, 0.3) is 0 Å². The molecule has 1 atom stereocenters. The summed E-state index contributed by atoms with van der Waals surface area (Å²) < 4.78 is 5.47. The molecule has 28 heavy (non-hydrogen) atoms. The van der Waals surface area contributed by atoms with Crippen LogP contribution in [0.15, 0.2) is 30.6 Å². The Kier molecular flexibility index (Phi) is 5.36. The van der Waals surface area contributed by atoms with Gasteiger partial charge in [0.25, 0.3) is 0 Å². The third kappa shape index (κ3) is 4.47. The first-order valence-electron chi connectivity index (χ1n) is 9.32. The van der Waals surface area contributed by atoms with E-state index in [2.05, 4.69) is 15.3 Å². The number of ether oxygens (including phenoxy) is 1. The molecule has 148 valence electrons. The van der Waals surface area contributed by atoms with Crippen molar-refractivity contribution in [2.45, 2.75) is 59.4 Å². The van der Waals surface area contributed by atoms with E-state index in [-0.39, 0.29) is 17.9 Å². The molecule has 0 fully saturated rings. The number of Topliss-reactive ketones (excluding diaryl/α,β-unsaturated/α-hetero) is 1. The number of carbonyl (C=O) groups excluding carboxylic acids is 2. The Balaban J connectivity index is 1.76. The van der Waals surface area contributed by atoms with Gasteiger partial charge in [-0.15, -0.1) is 0 Å². The maximum absolute atomic E-state index is 12.4. The van der Waals surface area contributed by atoms with E-state index in [1.54, 1.807) is 17.9 Å². The third-order valence-corrected chi connectivity index (χ3v) is 4.52. The molecule has 1 aliphatic rings. The summed E-state index contributed by atoms with van der Waals surface area (Å²) in [6.07, 6.45) is 1.14. The van der Waals surface area contributed by atoms with Gasteiger partial charge < -0.3 is 10.1 Å². The highest BCUT2D eigenvalue weighted by molar-refractivity contribution is 5.94. The Morgan fingerprint density at radius 3 is 2.64 bits per heavy atom. The van der Waals surface area contributed by atoms with Crippen LogP contribution < -0.4 is 5.32 Å². The predicted molar refractivity (Wildman–Crippen MR) is 106 cm³/mol. The summed E-state index contributed by atoms with van der Waals surface area (Å²) in [5.41, 5.74) is 2.82. The first kappa shape index (κ1) is 19.8. The van der Waals surface area contributed by atoms with Crippen molar-refractivity contribution in [1.29, 1.82) is 0 Å². The molecule has 1 amide bonds. The fourth-order valence-electron chi connectivity index (χ4n) is 3.07. The number of benzene rings is 1. The van der Waals surface area contributed by atoms with Crippen molar-refractivity contribution in [3.8, 4) is 0 Å². The number of fused-ring (bicyclic) bond motifs is 1. The maximum atomic E-state index is 12.4. The lowest BCUT2D eigenvalue weighted by atomic mass is 10.0. The summed E-state index contributed by atoms with van der Waals surface area (Å²) in [5, 5.41) is 3.39. The van der Waals surface area contributed by atoms with Gasteiger partial charge in [-0.2, -0.15) is 0 Å². The Bertz CT molecular complexity index is 905. The van der Waals surface area contributed by atoms with Gasteiger partial charge in [-0.1, -0.05) is 18.2 Å². The largest absolute Gasteiger partial charge is 0.444 e.